The molecule has 0 atom stereocenters. The quantitative estimate of drug-likeness (QED) is 0.711. The lowest BCUT2D eigenvalue weighted by atomic mass is 9.71. The van der Waals surface area contributed by atoms with E-state index in [2.05, 4.69) is 13.8 Å². The molecule has 0 aromatic rings. The Bertz CT molecular complexity index is 194. The number of hydrogen-bond acceptors (Lipinski definition) is 3. The number of nitrogens with two attached hydrogens (primary N) is 1. The first-order chi connectivity index (χ1) is 7.54. The Labute approximate surface area is 99.7 Å². The normalized spacial score (nSPS) is 23.2. The molecule has 3 heteroatoms. The lowest BCUT2D eigenvalue weighted by Gasteiger charge is -2.42. The fourth-order valence-corrected chi connectivity index (χ4v) is 2.25. The van der Waals surface area contributed by atoms with Crippen LogP contribution in [0.1, 0.15) is 46.5 Å². The highest BCUT2D eigenvalue weighted by Gasteiger charge is 2.37. The molecule has 0 unspecified atom stereocenters. The molecule has 0 spiro atoms. The van der Waals surface area contributed by atoms with E-state index in [1.54, 1.807) is 0 Å². The highest BCUT2D eigenvalue weighted by molar-refractivity contribution is 4.91. The third-order valence-corrected chi connectivity index (χ3v) is 3.73. The van der Waals surface area contributed by atoms with Crippen LogP contribution in [0.2, 0.25) is 0 Å². The van der Waals surface area contributed by atoms with E-state index in [0.717, 1.165) is 19.4 Å². The molecule has 0 aromatic carbocycles. The van der Waals surface area contributed by atoms with Gasteiger partial charge in [-0.25, -0.2) is 0 Å². The van der Waals surface area contributed by atoms with Crippen LogP contribution in [0.4, 0.5) is 0 Å². The predicted octanol–water partition coefficient (Wildman–Crippen LogP) is 2.34. The van der Waals surface area contributed by atoms with Crippen molar-refractivity contribution in [3.05, 3.63) is 0 Å². The molecule has 0 aromatic heterocycles. The SMILES string of the molecule is CCOCCOC1(CN)CCC(C)(C)CC1. The smallest absolute Gasteiger partial charge is 0.0805 e. The minimum Gasteiger partial charge on any atom is -0.379 e. The molecule has 2 N–H and O–H groups in total. The minimum absolute atomic E-state index is 0.0768. The zero-order chi connectivity index (χ0) is 12.1. The van der Waals surface area contributed by atoms with E-state index in [4.69, 9.17) is 15.2 Å². The van der Waals surface area contributed by atoms with Crippen LogP contribution in [0.15, 0.2) is 0 Å². The van der Waals surface area contributed by atoms with Gasteiger partial charge >= 0.3 is 0 Å². The van der Waals surface area contributed by atoms with Crippen LogP contribution in [-0.2, 0) is 9.47 Å². The summed E-state index contributed by atoms with van der Waals surface area (Å²) in [6.45, 7) is 9.40. The Kier molecular flexibility index (Phi) is 5.22. The molecule has 96 valence electrons. The first kappa shape index (κ1) is 13.9. The van der Waals surface area contributed by atoms with Gasteiger partial charge in [0.25, 0.3) is 0 Å². The summed E-state index contributed by atoms with van der Waals surface area (Å²) in [4.78, 5) is 0. The van der Waals surface area contributed by atoms with E-state index in [-0.39, 0.29) is 5.60 Å². The van der Waals surface area contributed by atoms with Gasteiger partial charge < -0.3 is 15.2 Å². The molecular weight excluding hydrogens is 202 g/mol. The van der Waals surface area contributed by atoms with Crippen LogP contribution < -0.4 is 5.73 Å². The van der Waals surface area contributed by atoms with E-state index < -0.39 is 0 Å². The minimum atomic E-state index is -0.0768. The summed E-state index contributed by atoms with van der Waals surface area (Å²) in [6, 6.07) is 0. The Hall–Kier alpha value is -0.120. The fourth-order valence-electron chi connectivity index (χ4n) is 2.25. The van der Waals surface area contributed by atoms with Crippen molar-refractivity contribution in [2.75, 3.05) is 26.4 Å². The van der Waals surface area contributed by atoms with Gasteiger partial charge in [-0.05, 0) is 38.0 Å². The third-order valence-electron chi connectivity index (χ3n) is 3.73. The molecule has 16 heavy (non-hydrogen) atoms. The van der Waals surface area contributed by atoms with Gasteiger partial charge in [0.2, 0.25) is 0 Å². The molecule has 1 fully saturated rings. The van der Waals surface area contributed by atoms with E-state index in [0.29, 0.717) is 25.2 Å². The van der Waals surface area contributed by atoms with Crippen LogP contribution in [0, 0.1) is 5.41 Å². The maximum absolute atomic E-state index is 5.97. The van der Waals surface area contributed by atoms with Crippen molar-refractivity contribution < 1.29 is 9.47 Å². The fraction of sp³-hybridized carbons (Fsp3) is 1.00. The summed E-state index contributed by atoms with van der Waals surface area (Å²) in [6.07, 6.45) is 4.59. The van der Waals surface area contributed by atoms with E-state index >= 15 is 0 Å². The highest BCUT2D eigenvalue weighted by atomic mass is 16.5. The van der Waals surface area contributed by atoms with Crippen LogP contribution >= 0.6 is 0 Å². The van der Waals surface area contributed by atoms with Gasteiger partial charge in [-0.1, -0.05) is 13.8 Å². The summed E-state index contributed by atoms with van der Waals surface area (Å²) >= 11 is 0. The first-order valence-corrected chi connectivity index (χ1v) is 6.45. The number of ether oxygens (including phenoxy) is 2. The largest absolute Gasteiger partial charge is 0.379 e. The molecule has 1 aliphatic rings. The van der Waals surface area contributed by atoms with Gasteiger partial charge in [-0.3, -0.25) is 0 Å². The average molecular weight is 229 g/mol. The van der Waals surface area contributed by atoms with Crippen molar-refractivity contribution >= 4 is 0 Å². The number of rotatable bonds is 6. The van der Waals surface area contributed by atoms with Gasteiger partial charge in [0, 0.05) is 13.2 Å². The summed E-state index contributed by atoms with van der Waals surface area (Å²) in [5.41, 5.74) is 6.26. The Morgan fingerprint density at radius 2 is 1.69 bits per heavy atom. The van der Waals surface area contributed by atoms with Crippen molar-refractivity contribution in [2.24, 2.45) is 11.1 Å². The maximum Gasteiger partial charge on any atom is 0.0805 e. The molecule has 0 heterocycles. The monoisotopic (exact) mass is 229 g/mol. The Morgan fingerprint density at radius 3 is 2.19 bits per heavy atom. The lowest BCUT2D eigenvalue weighted by molar-refractivity contribution is -0.0956. The Balaban J connectivity index is 2.34. The second kappa shape index (κ2) is 5.99. The molecular formula is C13H27NO2. The van der Waals surface area contributed by atoms with Crippen molar-refractivity contribution in [3.63, 3.8) is 0 Å². The molecule has 0 aliphatic heterocycles. The lowest BCUT2D eigenvalue weighted by Crippen LogP contribution is -2.46. The summed E-state index contributed by atoms with van der Waals surface area (Å²) in [5.74, 6) is 0. The van der Waals surface area contributed by atoms with Crippen LogP contribution in [0.5, 0.6) is 0 Å². The molecule has 0 saturated heterocycles. The zero-order valence-corrected chi connectivity index (χ0v) is 11.1. The van der Waals surface area contributed by atoms with Gasteiger partial charge in [-0.15, -0.1) is 0 Å². The molecule has 0 amide bonds. The van der Waals surface area contributed by atoms with Crippen molar-refractivity contribution in [2.45, 2.75) is 52.1 Å². The van der Waals surface area contributed by atoms with E-state index in [1.807, 2.05) is 6.92 Å². The molecule has 0 bridgehead atoms. The van der Waals surface area contributed by atoms with E-state index in [1.165, 1.54) is 12.8 Å². The molecule has 1 saturated carbocycles. The van der Waals surface area contributed by atoms with Crippen molar-refractivity contribution in [1.82, 2.24) is 0 Å². The molecule has 1 rings (SSSR count). The summed E-state index contributed by atoms with van der Waals surface area (Å²) in [5, 5.41) is 0. The summed E-state index contributed by atoms with van der Waals surface area (Å²) < 4.78 is 11.3. The zero-order valence-electron chi connectivity index (χ0n) is 11.1. The van der Waals surface area contributed by atoms with Crippen LogP contribution in [0.3, 0.4) is 0 Å². The molecule has 1 aliphatic carbocycles. The average Bonchev–Trinajstić information content (AvgIpc) is 2.27. The third kappa shape index (κ3) is 4.04. The van der Waals surface area contributed by atoms with Crippen molar-refractivity contribution in [1.29, 1.82) is 0 Å². The topological polar surface area (TPSA) is 44.5 Å². The number of hydrogen-bond donors (Lipinski definition) is 1. The van der Waals surface area contributed by atoms with Gasteiger partial charge in [0.15, 0.2) is 0 Å². The standard InChI is InChI=1S/C13H27NO2/c1-4-15-9-10-16-13(11-14)7-5-12(2,3)6-8-13/h4-11,14H2,1-3H3. The molecule has 3 nitrogen and oxygen atoms in total. The van der Waals surface area contributed by atoms with Crippen LogP contribution in [0.25, 0.3) is 0 Å². The van der Waals surface area contributed by atoms with E-state index in [9.17, 15) is 0 Å². The van der Waals surface area contributed by atoms with Crippen molar-refractivity contribution in [3.8, 4) is 0 Å². The second-order valence-electron chi connectivity index (χ2n) is 5.60. The summed E-state index contributed by atoms with van der Waals surface area (Å²) in [7, 11) is 0. The van der Waals surface area contributed by atoms with Gasteiger partial charge in [0.1, 0.15) is 0 Å². The Morgan fingerprint density at radius 1 is 1.06 bits per heavy atom. The highest BCUT2D eigenvalue weighted by Crippen LogP contribution is 2.41. The predicted molar refractivity (Wildman–Crippen MR) is 66.5 cm³/mol. The first-order valence-electron chi connectivity index (χ1n) is 6.45. The van der Waals surface area contributed by atoms with Crippen LogP contribution in [-0.4, -0.2) is 32.0 Å². The molecule has 0 radical (unpaired) electrons. The second-order valence-corrected chi connectivity index (χ2v) is 5.60. The van der Waals surface area contributed by atoms with Gasteiger partial charge in [0.05, 0.1) is 18.8 Å². The van der Waals surface area contributed by atoms with Gasteiger partial charge in [-0.2, -0.15) is 0 Å². The maximum atomic E-state index is 5.97.